The molecule has 3 N–H and O–H groups in total. The normalized spacial score (nSPS) is 23.9. The Bertz CT molecular complexity index is 268. The fraction of sp³-hybridized carbons (Fsp3) is 0.929. The maximum absolute atomic E-state index is 11.8. The van der Waals surface area contributed by atoms with Crippen LogP contribution in [0.2, 0.25) is 0 Å². The van der Waals surface area contributed by atoms with Crippen LogP contribution in [0.15, 0.2) is 0 Å². The van der Waals surface area contributed by atoms with Gasteiger partial charge in [-0.1, -0.05) is 0 Å². The summed E-state index contributed by atoms with van der Waals surface area (Å²) in [5.41, 5.74) is 5.68. The third-order valence-corrected chi connectivity index (χ3v) is 4.02. The number of piperidine rings is 1. The maximum atomic E-state index is 11.8. The SMILES string of the molecule is CC(N)CCCC(=O)NC1CCN(C2CC2)CC1. The number of rotatable bonds is 6. The van der Waals surface area contributed by atoms with E-state index in [-0.39, 0.29) is 11.9 Å². The molecule has 1 atom stereocenters. The Hall–Kier alpha value is -0.610. The highest BCUT2D eigenvalue weighted by atomic mass is 16.1. The summed E-state index contributed by atoms with van der Waals surface area (Å²) < 4.78 is 0. The second-order valence-corrected chi connectivity index (χ2v) is 5.98. The summed E-state index contributed by atoms with van der Waals surface area (Å²) in [5.74, 6) is 0.209. The first-order chi connectivity index (χ1) is 8.65. The Morgan fingerprint density at radius 1 is 1.33 bits per heavy atom. The van der Waals surface area contributed by atoms with E-state index in [1.807, 2.05) is 6.92 Å². The van der Waals surface area contributed by atoms with Crippen molar-refractivity contribution in [3.63, 3.8) is 0 Å². The zero-order chi connectivity index (χ0) is 13.0. The molecule has 2 fully saturated rings. The van der Waals surface area contributed by atoms with Crippen molar-refractivity contribution in [2.75, 3.05) is 13.1 Å². The lowest BCUT2D eigenvalue weighted by Gasteiger charge is -2.32. The fourth-order valence-corrected chi connectivity index (χ4v) is 2.73. The molecule has 0 bridgehead atoms. The van der Waals surface area contributed by atoms with Crippen LogP contribution in [0.1, 0.15) is 51.9 Å². The van der Waals surface area contributed by atoms with Crippen molar-refractivity contribution >= 4 is 5.91 Å². The average molecular weight is 253 g/mol. The predicted molar refractivity (Wildman–Crippen MR) is 73.3 cm³/mol. The largest absolute Gasteiger partial charge is 0.353 e. The molecular weight excluding hydrogens is 226 g/mol. The first-order valence-corrected chi connectivity index (χ1v) is 7.44. The van der Waals surface area contributed by atoms with E-state index in [0.29, 0.717) is 12.5 Å². The summed E-state index contributed by atoms with van der Waals surface area (Å²) in [6, 6.07) is 1.48. The van der Waals surface area contributed by atoms with E-state index in [1.165, 1.54) is 12.8 Å². The molecule has 4 heteroatoms. The van der Waals surface area contributed by atoms with Gasteiger partial charge in [0.05, 0.1) is 0 Å². The molecule has 0 radical (unpaired) electrons. The van der Waals surface area contributed by atoms with Crippen LogP contribution in [0.3, 0.4) is 0 Å². The quantitative estimate of drug-likeness (QED) is 0.749. The smallest absolute Gasteiger partial charge is 0.220 e. The van der Waals surface area contributed by atoms with Crippen LogP contribution < -0.4 is 11.1 Å². The number of likely N-dealkylation sites (tertiary alicyclic amines) is 1. The van der Waals surface area contributed by atoms with Crippen molar-refractivity contribution in [3.8, 4) is 0 Å². The molecule has 1 amide bonds. The maximum Gasteiger partial charge on any atom is 0.220 e. The molecule has 2 aliphatic rings. The lowest BCUT2D eigenvalue weighted by Crippen LogP contribution is -2.45. The summed E-state index contributed by atoms with van der Waals surface area (Å²) in [7, 11) is 0. The minimum absolute atomic E-state index is 0.208. The molecule has 0 aromatic rings. The topological polar surface area (TPSA) is 58.4 Å². The van der Waals surface area contributed by atoms with Gasteiger partial charge in [-0.25, -0.2) is 0 Å². The third kappa shape index (κ3) is 4.58. The van der Waals surface area contributed by atoms with Gasteiger partial charge in [-0.3, -0.25) is 4.79 Å². The van der Waals surface area contributed by atoms with Crippen molar-refractivity contribution in [1.29, 1.82) is 0 Å². The summed E-state index contributed by atoms with van der Waals surface area (Å²) in [6.45, 7) is 4.32. The fourth-order valence-electron chi connectivity index (χ4n) is 2.73. The van der Waals surface area contributed by atoms with E-state index >= 15 is 0 Å². The van der Waals surface area contributed by atoms with Crippen molar-refractivity contribution in [3.05, 3.63) is 0 Å². The highest BCUT2D eigenvalue weighted by Gasteiger charge is 2.31. The molecule has 0 aromatic carbocycles. The van der Waals surface area contributed by atoms with Gasteiger partial charge in [-0.15, -0.1) is 0 Å². The molecule has 1 unspecified atom stereocenters. The molecular formula is C14H27N3O. The molecule has 1 aliphatic heterocycles. The average Bonchev–Trinajstić information content (AvgIpc) is 3.13. The van der Waals surface area contributed by atoms with E-state index in [1.54, 1.807) is 0 Å². The molecule has 1 heterocycles. The van der Waals surface area contributed by atoms with Gasteiger partial charge in [0.2, 0.25) is 5.91 Å². The van der Waals surface area contributed by atoms with E-state index in [4.69, 9.17) is 5.73 Å². The first kappa shape index (κ1) is 13.8. The minimum atomic E-state index is 0.208. The number of carbonyl (C=O) groups is 1. The van der Waals surface area contributed by atoms with Crippen LogP contribution in [0, 0.1) is 0 Å². The standard InChI is InChI=1S/C14H27N3O/c1-11(15)3-2-4-14(18)16-12-7-9-17(10-8-12)13-5-6-13/h11-13H,2-10,15H2,1H3,(H,16,18). The van der Waals surface area contributed by atoms with E-state index < -0.39 is 0 Å². The summed E-state index contributed by atoms with van der Waals surface area (Å²) >= 11 is 0. The number of nitrogens with one attached hydrogen (secondary N) is 1. The number of amides is 1. The van der Waals surface area contributed by atoms with Crippen LogP contribution in [0.25, 0.3) is 0 Å². The summed E-state index contributed by atoms with van der Waals surface area (Å²) in [5, 5.41) is 3.17. The van der Waals surface area contributed by atoms with Gasteiger partial charge in [0.15, 0.2) is 0 Å². The molecule has 0 spiro atoms. The minimum Gasteiger partial charge on any atom is -0.353 e. The van der Waals surface area contributed by atoms with Gasteiger partial charge >= 0.3 is 0 Å². The number of nitrogens with two attached hydrogens (primary N) is 1. The van der Waals surface area contributed by atoms with Gasteiger partial charge in [-0.05, 0) is 45.4 Å². The van der Waals surface area contributed by atoms with Crippen LogP contribution in [-0.2, 0) is 4.79 Å². The highest BCUT2D eigenvalue weighted by Crippen LogP contribution is 2.29. The lowest BCUT2D eigenvalue weighted by molar-refractivity contribution is -0.122. The number of carbonyl (C=O) groups excluding carboxylic acids is 1. The zero-order valence-corrected chi connectivity index (χ0v) is 11.5. The van der Waals surface area contributed by atoms with Gasteiger partial charge in [-0.2, -0.15) is 0 Å². The van der Waals surface area contributed by atoms with Gasteiger partial charge in [0.25, 0.3) is 0 Å². The molecule has 0 aromatic heterocycles. The molecule has 4 nitrogen and oxygen atoms in total. The Balaban J connectivity index is 1.57. The summed E-state index contributed by atoms with van der Waals surface area (Å²) in [4.78, 5) is 14.3. The van der Waals surface area contributed by atoms with Gasteiger partial charge in [0.1, 0.15) is 0 Å². The van der Waals surface area contributed by atoms with Crippen LogP contribution >= 0.6 is 0 Å². The van der Waals surface area contributed by atoms with Crippen LogP contribution in [-0.4, -0.2) is 42.0 Å². The number of nitrogens with zero attached hydrogens (tertiary/aromatic N) is 1. The Morgan fingerprint density at radius 2 is 2.00 bits per heavy atom. The third-order valence-electron chi connectivity index (χ3n) is 4.02. The molecule has 1 saturated heterocycles. The van der Waals surface area contributed by atoms with Crippen molar-refractivity contribution in [1.82, 2.24) is 10.2 Å². The second kappa shape index (κ2) is 6.53. The Kier molecular flexibility index (Phi) is 5.01. The number of hydrogen-bond donors (Lipinski definition) is 2. The highest BCUT2D eigenvalue weighted by molar-refractivity contribution is 5.76. The van der Waals surface area contributed by atoms with E-state index in [0.717, 1.165) is 44.8 Å². The molecule has 1 saturated carbocycles. The van der Waals surface area contributed by atoms with Gasteiger partial charge < -0.3 is 16.0 Å². The molecule has 104 valence electrons. The Morgan fingerprint density at radius 3 is 2.56 bits per heavy atom. The van der Waals surface area contributed by atoms with Crippen molar-refractivity contribution in [2.24, 2.45) is 5.73 Å². The number of hydrogen-bond acceptors (Lipinski definition) is 3. The predicted octanol–water partition coefficient (Wildman–Crippen LogP) is 1.25. The Labute approximate surface area is 110 Å². The summed E-state index contributed by atoms with van der Waals surface area (Å²) in [6.07, 6.45) is 7.48. The first-order valence-electron chi connectivity index (χ1n) is 7.44. The van der Waals surface area contributed by atoms with Crippen molar-refractivity contribution < 1.29 is 4.79 Å². The van der Waals surface area contributed by atoms with Gasteiger partial charge in [0, 0.05) is 37.6 Å². The zero-order valence-electron chi connectivity index (χ0n) is 11.5. The van der Waals surface area contributed by atoms with Crippen LogP contribution in [0.4, 0.5) is 0 Å². The molecule has 2 rings (SSSR count). The monoisotopic (exact) mass is 253 g/mol. The lowest BCUT2D eigenvalue weighted by atomic mass is 10.0. The molecule has 1 aliphatic carbocycles. The van der Waals surface area contributed by atoms with Crippen molar-refractivity contribution in [2.45, 2.75) is 70.0 Å². The molecule has 18 heavy (non-hydrogen) atoms. The second-order valence-electron chi connectivity index (χ2n) is 5.98. The van der Waals surface area contributed by atoms with E-state index in [9.17, 15) is 4.79 Å². The van der Waals surface area contributed by atoms with Crippen LogP contribution in [0.5, 0.6) is 0 Å². The van der Waals surface area contributed by atoms with E-state index in [2.05, 4.69) is 10.2 Å².